The third-order valence-electron chi connectivity index (χ3n) is 4.82. The molecule has 7 nitrogen and oxygen atoms in total. The van der Waals surface area contributed by atoms with Crippen molar-refractivity contribution in [3.8, 4) is 5.75 Å². The largest absolute Gasteiger partial charge is 0.484 e. The van der Waals surface area contributed by atoms with Crippen molar-refractivity contribution in [3.63, 3.8) is 0 Å². The molecule has 1 aliphatic heterocycles. The van der Waals surface area contributed by atoms with Crippen molar-refractivity contribution >= 4 is 17.6 Å². The maximum Gasteiger partial charge on any atom is 0.319 e. The van der Waals surface area contributed by atoms with E-state index >= 15 is 0 Å². The number of urea groups is 1. The van der Waals surface area contributed by atoms with Crippen molar-refractivity contribution in [2.75, 3.05) is 45.7 Å². The van der Waals surface area contributed by atoms with Gasteiger partial charge in [-0.2, -0.15) is 0 Å². The number of benzene rings is 1. The summed E-state index contributed by atoms with van der Waals surface area (Å²) in [6.07, 6.45) is 2.51. The number of likely N-dealkylation sites (N-methyl/N-ethyl adjacent to an activating group) is 1. The molecule has 150 valence electrons. The van der Waals surface area contributed by atoms with E-state index in [9.17, 15) is 9.59 Å². The second-order valence-corrected chi connectivity index (χ2v) is 7.53. The summed E-state index contributed by atoms with van der Waals surface area (Å²) in [5.74, 6) is 1.14. The fourth-order valence-electron chi connectivity index (χ4n) is 3.11. The van der Waals surface area contributed by atoms with Gasteiger partial charge in [-0.3, -0.25) is 9.69 Å². The monoisotopic (exact) mass is 376 g/mol. The van der Waals surface area contributed by atoms with Crippen molar-refractivity contribution in [3.05, 3.63) is 24.3 Å². The Labute approximate surface area is 162 Å². The van der Waals surface area contributed by atoms with E-state index in [2.05, 4.69) is 29.4 Å². The van der Waals surface area contributed by atoms with Gasteiger partial charge in [0.25, 0.3) is 5.91 Å². The molecule has 1 fully saturated rings. The van der Waals surface area contributed by atoms with Gasteiger partial charge in [0, 0.05) is 45.0 Å². The summed E-state index contributed by atoms with van der Waals surface area (Å²) in [4.78, 5) is 27.7. The van der Waals surface area contributed by atoms with Gasteiger partial charge in [-0.15, -0.1) is 0 Å². The maximum absolute atomic E-state index is 12.2. The standard InChI is InChI=1S/C20H32N4O3/c1-15-7-6-10-24(13-15)16(2)12-21-20(26)22-17-8-5-9-18(11-17)27-14-19(25)23(3)4/h5,8-9,11,15-16H,6-7,10,12-14H2,1-4H3,(H2,21,22,26). The van der Waals surface area contributed by atoms with Crippen molar-refractivity contribution < 1.29 is 14.3 Å². The highest BCUT2D eigenvalue weighted by Crippen LogP contribution is 2.18. The first-order valence-corrected chi connectivity index (χ1v) is 9.57. The van der Waals surface area contributed by atoms with Crippen molar-refractivity contribution in [2.24, 2.45) is 5.92 Å². The van der Waals surface area contributed by atoms with E-state index in [1.807, 2.05) is 0 Å². The molecule has 27 heavy (non-hydrogen) atoms. The van der Waals surface area contributed by atoms with Gasteiger partial charge in [-0.25, -0.2) is 4.79 Å². The van der Waals surface area contributed by atoms with Crippen molar-refractivity contribution in [1.82, 2.24) is 15.1 Å². The minimum absolute atomic E-state index is 0.0333. The van der Waals surface area contributed by atoms with Crippen LogP contribution in [0.1, 0.15) is 26.7 Å². The first kappa shape index (κ1) is 21.0. The first-order chi connectivity index (χ1) is 12.8. The number of nitrogens with one attached hydrogen (secondary N) is 2. The van der Waals surface area contributed by atoms with Crippen LogP contribution in [0.4, 0.5) is 10.5 Å². The SMILES string of the molecule is CC1CCCN(C(C)CNC(=O)Nc2cccc(OCC(=O)N(C)C)c2)C1. The van der Waals surface area contributed by atoms with Crippen LogP contribution in [0.25, 0.3) is 0 Å². The molecule has 1 heterocycles. The normalized spacial score (nSPS) is 18.4. The third-order valence-corrected chi connectivity index (χ3v) is 4.82. The molecule has 0 aromatic heterocycles. The van der Waals surface area contributed by atoms with Gasteiger partial charge in [-0.05, 0) is 44.4 Å². The average Bonchev–Trinajstić information content (AvgIpc) is 2.64. The van der Waals surface area contributed by atoms with Gasteiger partial charge < -0.3 is 20.3 Å². The fraction of sp³-hybridized carbons (Fsp3) is 0.600. The number of hydrogen-bond donors (Lipinski definition) is 2. The summed E-state index contributed by atoms with van der Waals surface area (Å²) in [5, 5.41) is 5.75. The van der Waals surface area contributed by atoms with Gasteiger partial charge in [0.1, 0.15) is 5.75 Å². The molecule has 1 aliphatic rings. The molecule has 2 rings (SSSR count). The van der Waals surface area contributed by atoms with E-state index in [0.29, 0.717) is 24.0 Å². The van der Waals surface area contributed by atoms with E-state index < -0.39 is 0 Å². The molecular formula is C20H32N4O3. The molecule has 2 unspecified atom stereocenters. The fourth-order valence-corrected chi connectivity index (χ4v) is 3.11. The summed E-state index contributed by atoms with van der Waals surface area (Å²) in [5.41, 5.74) is 0.626. The Morgan fingerprint density at radius 3 is 2.85 bits per heavy atom. The number of ether oxygens (including phenoxy) is 1. The Bertz CT molecular complexity index is 635. The Balaban J connectivity index is 1.78. The lowest BCUT2D eigenvalue weighted by molar-refractivity contribution is -0.130. The van der Waals surface area contributed by atoms with Gasteiger partial charge >= 0.3 is 6.03 Å². The van der Waals surface area contributed by atoms with Crippen LogP contribution in [-0.2, 0) is 4.79 Å². The summed E-state index contributed by atoms with van der Waals surface area (Å²) in [6, 6.07) is 7.10. The molecule has 1 aromatic carbocycles. The number of nitrogens with zero attached hydrogens (tertiary/aromatic N) is 2. The average molecular weight is 377 g/mol. The number of anilines is 1. The van der Waals surface area contributed by atoms with Gasteiger partial charge in [-0.1, -0.05) is 13.0 Å². The van der Waals surface area contributed by atoms with Crippen LogP contribution in [0.2, 0.25) is 0 Å². The zero-order valence-corrected chi connectivity index (χ0v) is 16.8. The van der Waals surface area contributed by atoms with Crippen LogP contribution in [0.5, 0.6) is 5.75 Å². The quantitative estimate of drug-likeness (QED) is 0.766. The van der Waals surface area contributed by atoms with Gasteiger partial charge in [0.2, 0.25) is 0 Å². The highest BCUT2D eigenvalue weighted by atomic mass is 16.5. The van der Waals surface area contributed by atoms with E-state index in [1.165, 1.54) is 17.7 Å². The van der Waals surface area contributed by atoms with Crippen LogP contribution in [-0.4, -0.2) is 68.1 Å². The minimum Gasteiger partial charge on any atom is -0.484 e. The zero-order chi connectivity index (χ0) is 19.8. The van der Waals surface area contributed by atoms with Gasteiger partial charge in [0.05, 0.1) is 0 Å². The second-order valence-electron chi connectivity index (χ2n) is 7.53. The van der Waals surface area contributed by atoms with E-state index in [0.717, 1.165) is 19.0 Å². The summed E-state index contributed by atoms with van der Waals surface area (Å²) < 4.78 is 5.47. The molecule has 0 saturated carbocycles. The van der Waals surface area contributed by atoms with Crippen molar-refractivity contribution in [2.45, 2.75) is 32.7 Å². The van der Waals surface area contributed by atoms with E-state index in [-0.39, 0.29) is 18.5 Å². The highest BCUT2D eigenvalue weighted by molar-refractivity contribution is 5.89. The Kier molecular flexibility index (Phi) is 7.91. The smallest absolute Gasteiger partial charge is 0.319 e. The molecular weight excluding hydrogens is 344 g/mol. The molecule has 0 radical (unpaired) electrons. The number of rotatable bonds is 7. The van der Waals surface area contributed by atoms with Crippen LogP contribution >= 0.6 is 0 Å². The minimum atomic E-state index is -0.242. The number of carbonyl (C=O) groups is 2. The highest BCUT2D eigenvalue weighted by Gasteiger charge is 2.21. The predicted molar refractivity (Wildman–Crippen MR) is 107 cm³/mol. The number of amides is 3. The zero-order valence-electron chi connectivity index (χ0n) is 16.8. The Hall–Kier alpha value is -2.28. The lowest BCUT2D eigenvalue weighted by Crippen LogP contribution is -2.47. The van der Waals surface area contributed by atoms with Crippen molar-refractivity contribution in [1.29, 1.82) is 0 Å². The van der Waals surface area contributed by atoms with E-state index in [1.54, 1.807) is 38.4 Å². The molecule has 3 amide bonds. The summed E-state index contributed by atoms with van der Waals surface area (Å²) in [6.45, 7) is 7.19. The molecule has 2 N–H and O–H groups in total. The first-order valence-electron chi connectivity index (χ1n) is 9.57. The topological polar surface area (TPSA) is 73.9 Å². The third kappa shape index (κ3) is 7.09. The molecule has 2 atom stereocenters. The Morgan fingerprint density at radius 1 is 1.37 bits per heavy atom. The maximum atomic E-state index is 12.2. The summed E-state index contributed by atoms with van der Waals surface area (Å²) >= 11 is 0. The second kappa shape index (κ2) is 10.2. The number of likely N-dealkylation sites (tertiary alicyclic amines) is 1. The van der Waals surface area contributed by atoms with Gasteiger partial charge in [0.15, 0.2) is 6.61 Å². The number of hydrogen-bond acceptors (Lipinski definition) is 4. The lowest BCUT2D eigenvalue weighted by atomic mass is 9.99. The number of piperidine rings is 1. The molecule has 0 aliphatic carbocycles. The molecule has 1 saturated heterocycles. The van der Waals surface area contributed by atoms with E-state index in [4.69, 9.17) is 4.74 Å². The van der Waals surface area contributed by atoms with Crippen LogP contribution in [0, 0.1) is 5.92 Å². The van der Waals surface area contributed by atoms with Crippen LogP contribution < -0.4 is 15.4 Å². The Morgan fingerprint density at radius 2 is 2.15 bits per heavy atom. The molecule has 0 bridgehead atoms. The molecule has 7 heteroatoms. The van der Waals surface area contributed by atoms with Crippen LogP contribution in [0.3, 0.4) is 0 Å². The van der Waals surface area contributed by atoms with Crippen LogP contribution in [0.15, 0.2) is 24.3 Å². The summed E-state index contributed by atoms with van der Waals surface area (Å²) in [7, 11) is 3.36. The predicted octanol–water partition coefficient (Wildman–Crippen LogP) is 2.40. The molecule has 0 spiro atoms. The molecule has 1 aromatic rings. The number of carbonyl (C=O) groups excluding carboxylic acids is 2. The lowest BCUT2D eigenvalue weighted by Gasteiger charge is -2.35.